The Morgan fingerprint density at radius 1 is 0.793 bits per heavy atom. The van der Waals surface area contributed by atoms with Crippen LogP contribution < -0.4 is 0 Å². The Balaban J connectivity index is 0.000000306. The highest BCUT2D eigenvalue weighted by Crippen LogP contribution is 2.13. The van der Waals surface area contributed by atoms with Crippen LogP contribution in [0.15, 0.2) is 24.3 Å². The normalized spacial score (nSPS) is 21.0. The summed E-state index contributed by atoms with van der Waals surface area (Å²) in [6, 6.07) is 8.52. The monoisotopic (exact) mass is 396 g/mol. The minimum Gasteiger partial charge on any atom is -0.366 e. The Labute approximate surface area is 179 Å². The highest BCUT2D eigenvalue weighted by molar-refractivity contribution is 5.20. The highest BCUT2D eigenvalue weighted by atomic mass is 16.5. The molecule has 0 heterocycles. The SMILES string of the molecule is C.CCOC1C#CCCCCC1.Cc1ccc(COC2C#CCCCCC2)cc1. The molecule has 1 aromatic rings. The molecular formula is C27H40O2. The van der Waals surface area contributed by atoms with Crippen LogP contribution in [-0.4, -0.2) is 18.8 Å². The van der Waals surface area contributed by atoms with Gasteiger partial charge in [-0.05, 0) is 57.9 Å². The Hall–Kier alpha value is -1.74. The van der Waals surface area contributed by atoms with E-state index in [0.29, 0.717) is 6.61 Å². The quantitative estimate of drug-likeness (QED) is 0.507. The third-order valence-corrected chi connectivity index (χ3v) is 5.00. The molecule has 0 saturated heterocycles. The maximum Gasteiger partial charge on any atom is 0.118 e. The lowest BCUT2D eigenvalue weighted by atomic mass is 10.1. The summed E-state index contributed by atoms with van der Waals surface area (Å²) in [6.45, 7) is 5.60. The van der Waals surface area contributed by atoms with Crippen molar-refractivity contribution in [3.63, 3.8) is 0 Å². The zero-order chi connectivity index (χ0) is 19.9. The second kappa shape index (κ2) is 16.1. The van der Waals surface area contributed by atoms with Crippen LogP contribution in [-0.2, 0) is 16.1 Å². The maximum absolute atomic E-state index is 5.87. The molecule has 2 aliphatic carbocycles. The lowest BCUT2D eigenvalue weighted by Gasteiger charge is -2.13. The summed E-state index contributed by atoms with van der Waals surface area (Å²) >= 11 is 0. The molecule has 2 nitrogen and oxygen atoms in total. The average Bonchev–Trinajstić information content (AvgIpc) is 2.65. The Bertz CT molecular complexity index is 654. The summed E-state index contributed by atoms with van der Waals surface area (Å²) in [6.07, 6.45) is 12.3. The standard InChI is InChI=1S/C16H20O.C10H16O.CH4/c1-14-9-11-15(12-10-14)13-17-16-7-5-3-2-4-6-8-16;1-2-11-10-8-6-4-3-5-7-9-10;/h9-12,16H,2-5,7,13H2,1H3;10H,2-6,8H2,1H3;1H4. The van der Waals surface area contributed by atoms with E-state index in [0.717, 1.165) is 32.3 Å². The molecule has 0 fully saturated rings. The van der Waals surface area contributed by atoms with Gasteiger partial charge in [0.1, 0.15) is 12.2 Å². The van der Waals surface area contributed by atoms with E-state index < -0.39 is 0 Å². The molecule has 2 aliphatic rings. The highest BCUT2D eigenvalue weighted by Gasteiger charge is 2.07. The van der Waals surface area contributed by atoms with Gasteiger partial charge < -0.3 is 9.47 Å². The fraction of sp³-hybridized carbons (Fsp3) is 0.630. The van der Waals surface area contributed by atoms with Crippen molar-refractivity contribution in [2.24, 2.45) is 0 Å². The average molecular weight is 397 g/mol. The summed E-state index contributed by atoms with van der Waals surface area (Å²) in [4.78, 5) is 0. The van der Waals surface area contributed by atoms with Crippen LogP contribution in [0.25, 0.3) is 0 Å². The number of aryl methyl sites for hydroxylation is 1. The molecule has 29 heavy (non-hydrogen) atoms. The number of rotatable bonds is 5. The van der Waals surface area contributed by atoms with E-state index in [9.17, 15) is 0 Å². The van der Waals surface area contributed by atoms with Crippen molar-refractivity contribution in [3.05, 3.63) is 35.4 Å². The number of ether oxygens (including phenoxy) is 2. The Morgan fingerprint density at radius 3 is 1.90 bits per heavy atom. The van der Waals surface area contributed by atoms with E-state index in [-0.39, 0.29) is 19.6 Å². The van der Waals surface area contributed by atoms with Crippen molar-refractivity contribution >= 4 is 0 Å². The lowest BCUT2D eigenvalue weighted by molar-refractivity contribution is 0.0704. The smallest absolute Gasteiger partial charge is 0.118 e. The fourth-order valence-electron chi connectivity index (χ4n) is 3.29. The lowest BCUT2D eigenvalue weighted by Crippen LogP contribution is -2.11. The first kappa shape index (κ1) is 25.3. The predicted molar refractivity (Wildman–Crippen MR) is 124 cm³/mol. The number of hydrogen-bond donors (Lipinski definition) is 0. The van der Waals surface area contributed by atoms with Gasteiger partial charge in [0.2, 0.25) is 0 Å². The van der Waals surface area contributed by atoms with E-state index in [1.54, 1.807) is 0 Å². The predicted octanol–water partition coefficient (Wildman–Crippen LogP) is 6.84. The summed E-state index contributed by atoms with van der Waals surface area (Å²) in [5.41, 5.74) is 2.53. The molecule has 160 valence electrons. The molecular weight excluding hydrogens is 356 g/mol. The van der Waals surface area contributed by atoms with Crippen LogP contribution in [0.4, 0.5) is 0 Å². The molecule has 2 unspecified atom stereocenters. The molecule has 3 rings (SSSR count). The fourth-order valence-corrected chi connectivity index (χ4v) is 3.29. The molecule has 0 saturated carbocycles. The molecule has 0 N–H and O–H groups in total. The zero-order valence-electron chi connectivity index (χ0n) is 17.8. The van der Waals surface area contributed by atoms with Crippen molar-refractivity contribution in [1.82, 2.24) is 0 Å². The molecule has 2 heteroatoms. The topological polar surface area (TPSA) is 18.5 Å². The van der Waals surface area contributed by atoms with E-state index in [1.165, 1.54) is 49.7 Å². The molecule has 0 bridgehead atoms. The summed E-state index contributed by atoms with van der Waals surface area (Å²) < 4.78 is 11.3. The van der Waals surface area contributed by atoms with E-state index >= 15 is 0 Å². The molecule has 1 aromatic carbocycles. The van der Waals surface area contributed by atoms with E-state index in [4.69, 9.17) is 9.47 Å². The van der Waals surface area contributed by atoms with Crippen LogP contribution in [0.1, 0.15) is 89.7 Å². The Morgan fingerprint density at radius 2 is 1.34 bits per heavy atom. The molecule has 0 radical (unpaired) electrons. The van der Waals surface area contributed by atoms with Gasteiger partial charge in [0.15, 0.2) is 0 Å². The van der Waals surface area contributed by atoms with Gasteiger partial charge in [-0.3, -0.25) is 0 Å². The minimum atomic E-state index is 0. The van der Waals surface area contributed by atoms with Gasteiger partial charge in [-0.2, -0.15) is 0 Å². The third-order valence-electron chi connectivity index (χ3n) is 5.00. The zero-order valence-corrected chi connectivity index (χ0v) is 17.8. The van der Waals surface area contributed by atoms with Gasteiger partial charge in [0, 0.05) is 19.4 Å². The minimum absolute atomic E-state index is 0. The molecule has 0 aromatic heterocycles. The molecule has 0 amide bonds. The first-order valence-electron chi connectivity index (χ1n) is 11.0. The first-order valence-corrected chi connectivity index (χ1v) is 11.0. The number of hydrogen-bond acceptors (Lipinski definition) is 2. The molecule has 2 atom stereocenters. The van der Waals surface area contributed by atoms with Crippen molar-refractivity contribution in [3.8, 4) is 23.7 Å². The van der Waals surface area contributed by atoms with Gasteiger partial charge in [-0.1, -0.05) is 61.9 Å². The largest absolute Gasteiger partial charge is 0.366 e. The van der Waals surface area contributed by atoms with Crippen molar-refractivity contribution in [2.75, 3.05) is 6.61 Å². The second-order valence-corrected chi connectivity index (χ2v) is 7.57. The second-order valence-electron chi connectivity index (χ2n) is 7.57. The first-order chi connectivity index (χ1) is 13.8. The third kappa shape index (κ3) is 11.8. The molecule has 0 aliphatic heterocycles. The van der Waals surface area contributed by atoms with Gasteiger partial charge in [0.25, 0.3) is 0 Å². The van der Waals surface area contributed by atoms with Gasteiger partial charge in [0.05, 0.1) is 6.61 Å². The maximum atomic E-state index is 5.87. The van der Waals surface area contributed by atoms with Crippen LogP contribution in [0.5, 0.6) is 0 Å². The Kier molecular flexibility index (Phi) is 14.0. The summed E-state index contributed by atoms with van der Waals surface area (Å²) in [7, 11) is 0. The van der Waals surface area contributed by atoms with Crippen molar-refractivity contribution in [1.29, 1.82) is 0 Å². The van der Waals surface area contributed by atoms with Gasteiger partial charge in [-0.25, -0.2) is 0 Å². The summed E-state index contributed by atoms with van der Waals surface area (Å²) in [5.74, 6) is 12.7. The van der Waals surface area contributed by atoms with E-state index in [2.05, 4.69) is 54.9 Å². The van der Waals surface area contributed by atoms with Crippen molar-refractivity contribution < 1.29 is 9.47 Å². The van der Waals surface area contributed by atoms with Crippen LogP contribution in [0.3, 0.4) is 0 Å². The van der Waals surface area contributed by atoms with E-state index in [1.807, 2.05) is 6.92 Å². The van der Waals surface area contributed by atoms with Crippen LogP contribution in [0, 0.1) is 30.6 Å². The summed E-state index contributed by atoms with van der Waals surface area (Å²) in [5, 5.41) is 0. The van der Waals surface area contributed by atoms with Crippen LogP contribution in [0.2, 0.25) is 0 Å². The van der Waals surface area contributed by atoms with Crippen molar-refractivity contribution in [2.45, 2.75) is 104 Å². The van der Waals surface area contributed by atoms with Crippen LogP contribution >= 0.6 is 0 Å². The molecule has 0 spiro atoms. The number of benzene rings is 1. The van der Waals surface area contributed by atoms with Gasteiger partial charge >= 0.3 is 0 Å². The van der Waals surface area contributed by atoms with Gasteiger partial charge in [-0.15, -0.1) is 11.8 Å².